The number of para-hydroxylation sites is 1. The van der Waals surface area contributed by atoms with Crippen LogP contribution < -0.4 is 4.74 Å². The Kier molecular flexibility index (Phi) is 6.12. The minimum atomic E-state index is -0.0409. The summed E-state index contributed by atoms with van der Waals surface area (Å²) in [6.07, 6.45) is 1.77. The average Bonchev–Trinajstić information content (AvgIpc) is 3.24. The molecule has 1 aliphatic heterocycles. The number of benzene rings is 2. The number of nitrogens with zero attached hydrogens (tertiary/aromatic N) is 4. The molecular formula is C22H23ClN4O2. The Balaban J connectivity index is 1.28. The molecule has 7 heteroatoms. The first kappa shape index (κ1) is 19.5. The number of ether oxygens (including phenoxy) is 1. The predicted octanol–water partition coefficient (Wildman–Crippen LogP) is 3.53. The van der Waals surface area contributed by atoms with Crippen molar-refractivity contribution in [2.24, 2.45) is 0 Å². The van der Waals surface area contributed by atoms with Crippen molar-refractivity contribution in [3.63, 3.8) is 0 Å². The van der Waals surface area contributed by atoms with E-state index in [-0.39, 0.29) is 12.6 Å². The summed E-state index contributed by atoms with van der Waals surface area (Å²) in [6, 6.07) is 19.2. The minimum absolute atomic E-state index is 0.0409. The maximum Gasteiger partial charge on any atom is 0.274 e. The minimum Gasteiger partial charge on any atom is -0.471 e. The lowest BCUT2D eigenvalue weighted by Crippen LogP contribution is -2.48. The fraction of sp³-hybridized carbons (Fsp3) is 0.273. The van der Waals surface area contributed by atoms with Crippen molar-refractivity contribution in [1.29, 1.82) is 0 Å². The Bertz CT molecular complexity index is 952. The first-order chi connectivity index (χ1) is 14.2. The number of carbonyl (C=O) groups is 1. The Hall–Kier alpha value is -2.83. The van der Waals surface area contributed by atoms with Gasteiger partial charge in [-0.15, -0.1) is 0 Å². The molecule has 0 bridgehead atoms. The molecule has 2 aromatic carbocycles. The zero-order chi connectivity index (χ0) is 20.1. The smallest absolute Gasteiger partial charge is 0.274 e. The van der Waals surface area contributed by atoms with Crippen LogP contribution in [0.25, 0.3) is 0 Å². The molecule has 29 heavy (non-hydrogen) atoms. The van der Waals surface area contributed by atoms with Crippen molar-refractivity contribution in [3.8, 4) is 5.75 Å². The quantitative estimate of drug-likeness (QED) is 0.623. The van der Waals surface area contributed by atoms with Gasteiger partial charge in [0.25, 0.3) is 5.91 Å². The van der Waals surface area contributed by atoms with E-state index in [0.29, 0.717) is 18.8 Å². The molecule has 0 unspecified atom stereocenters. The third kappa shape index (κ3) is 4.96. The normalized spacial score (nSPS) is 14.7. The highest BCUT2D eigenvalue weighted by molar-refractivity contribution is 6.31. The van der Waals surface area contributed by atoms with Gasteiger partial charge in [-0.25, -0.2) is 4.68 Å². The van der Waals surface area contributed by atoms with E-state index in [0.717, 1.165) is 36.0 Å². The molecule has 0 radical (unpaired) electrons. The lowest BCUT2D eigenvalue weighted by atomic mass is 10.2. The van der Waals surface area contributed by atoms with E-state index in [4.69, 9.17) is 16.3 Å². The highest BCUT2D eigenvalue weighted by Gasteiger charge is 2.24. The number of carbonyl (C=O) groups excluding carboxylic acids is 1. The van der Waals surface area contributed by atoms with Gasteiger partial charge in [0.1, 0.15) is 5.75 Å². The van der Waals surface area contributed by atoms with Crippen molar-refractivity contribution < 1.29 is 9.53 Å². The molecule has 1 fully saturated rings. The maximum absolute atomic E-state index is 12.8. The van der Waals surface area contributed by atoms with Crippen molar-refractivity contribution in [2.75, 3.05) is 26.2 Å². The van der Waals surface area contributed by atoms with Crippen LogP contribution in [-0.2, 0) is 13.3 Å². The predicted molar refractivity (Wildman–Crippen MR) is 112 cm³/mol. The highest BCUT2D eigenvalue weighted by Crippen LogP contribution is 2.18. The summed E-state index contributed by atoms with van der Waals surface area (Å²) in [5.41, 5.74) is 1.56. The van der Waals surface area contributed by atoms with Crippen LogP contribution in [0, 0.1) is 0 Å². The van der Waals surface area contributed by atoms with Crippen LogP contribution in [0.2, 0.25) is 5.02 Å². The molecule has 1 aliphatic rings. The molecule has 0 atom stereocenters. The lowest BCUT2D eigenvalue weighted by molar-refractivity contribution is 0.0621. The molecule has 3 aromatic rings. The van der Waals surface area contributed by atoms with E-state index in [1.807, 2.05) is 59.5 Å². The highest BCUT2D eigenvalue weighted by atomic mass is 35.5. The third-order valence-corrected chi connectivity index (χ3v) is 5.35. The Labute approximate surface area is 175 Å². The van der Waals surface area contributed by atoms with Crippen LogP contribution in [0.4, 0.5) is 0 Å². The molecule has 4 rings (SSSR count). The van der Waals surface area contributed by atoms with Crippen LogP contribution in [0.3, 0.4) is 0 Å². The van der Waals surface area contributed by atoms with Gasteiger partial charge in [0.15, 0.2) is 12.4 Å². The zero-order valence-electron chi connectivity index (χ0n) is 16.1. The topological polar surface area (TPSA) is 50.6 Å². The van der Waals surface area contributed by atoms with Gasteiger partial charge in [0.05, 0.1) is 0 Å². The van der Waals surface area contributed by atoms with Gasteiger partial charge >= 0.3 is 0 Å². The molecule has 6 nitrogen and oxygen atoms in total. The first-order valence-corrected chi connectivity index (χ1v) is 10.0. The van der Waals surface area contributed by atoms with Gasteiger partial charge in [0.2, 0.25) is 0 Å². The number of hydrogen-bond donors (Lipinski definition) is 0. The van der Waals surface area contributed by atoms with Gasteiger partial charge in [-0.3, -0.25) is 9.69 Å². The van der Waals surface area contributed by atoms with Crippen LogP contribution >= 0.6 is 11.6 Å². The van der Waals surface area contributed by atoms with Gasteiger partial charge < -0.3 is 9.64 Å². The van der Waals surface area contributed by atoms with E-state index >= 15 is 0 Å². The van der Waals surface area contributed by atoms with E-state index in [2.05, 4.69) is 10.00 Å². The molecular weight excluding hydrogens is 388 g/mol. The molecule has 0 N–H and O–H groups in total. The van der Waals surface area contributed by atoms with Gasteiger partial charge in [0, 0.05) is 43.9 Å². The second-order valence-corrected chi connectivity index (χ2v) is 7.39. The largest absolute Gasteiger partial charge is 0.471 e. The van der Waals surface area contributed by atoms with Crippen LogP contribution in [-0.4, -0.2) is 51.7 Å². The average molecular weight is 411 g/mol. The van der Waals surface area contributed by atoms with Crippen LogP contribution in [0.15, 0.2) is 66.9 Å². The second-order valence-electron chi connectivity index (χ2n) is 6.99. The van der Waals surface area contributed by atoms with Gasteiger partial charge in [-0.1, -0.05) is 48.0 Å². The van der Waals surface area contributed by atoms with Crippen molar-refractivity contribution >= 4 is 17.5 Å². The summed E-state index contributed by atoms with van der Waals surface area (Å²) in [7, 11) is 0. The number of amides is 1. The zero-order valence-corrected chi connectivity index (χ0v) is 16.8. The molecule has 0 aliphatic carbocycles. The van der Waals surface area contributed by atoms with Crippen LogP contribution in [0.5, 0.6) is 5.75 Å². The number of hydrogen-bond acceptors (Lipinski definition) is 4. The van der Waals surface area contributed by atoms with Gasteiger partial charge in [-0.05, 0) is 29.8 Å². The fourth-order valence-electron chi connectivity index (χ4n) is 3.34. The summed E-state index contributed by atoms with van der Waals surface area (Å²) >= 11 is 6.26. The summed E-state index contributed by atoms with van der Waals surface area (Å²) < 4.78 is 7.30. The summed E-state index contributed by atoms with van der Waals surface area (Å²) in [5.74, 6) is 0.728. The molecule has 2 heterocycles. The standard InChI is InChI=1S/C22H23ClN4O2/c23-20-9-5-4-6-18(20)16-25-12-14-26(15-13-25)22(28)21-10-11-27(24-21)17-29-19-7-2-1-3-8-19/h1-11H,12-17H2. The van der Waals surface area contributed by atoms with Crippen molar-refractivity contribution in [1.82, 2.24) is 19.6 Å². The third-order valence-electron chi connectivity index (χ3n) is 4.98. The molecule has 0 spiro atoms. The molecule has 150 valence electrons. The number of aromatic nitrogens is 2. The maximum atomic E-state index is 12.8. The fourth-order valence-corrected chi connectivity index (χ4v) is 3.54. The monoisotopic (exact) mass is 410 g/mol. The molecule has 1 aromatic heterocycles. The Morgan fingerprint density at radius 1 is 0.966 bits per heavy atom. The molecule has 0 saturated carbocycles. The van der Waals surface area contributed by atoms with E-state index in [9.17, 15) is 4.79 Å². The summed E-state index contributed by atoms with van der Waals surface area (Å²) in [6.45, 7) is 4.05. The van der Waals surface area contributed by atoms with E-state index in [1.165, 1.54) is 0 Å². The first-order valence-electron chi connectivity index (χ1n) is 9.65. The molecule has 1 amide bonds. The van der Waals surface area contributed by atoms with E-state index in [1.54, 1.807) is 16.9 Å². The number of halogens is 1. The van der Waals surface area contributed by atoms with Crippen molar-refractivity contribution in [3.05, 3.63) is 83.1 Å². The van der Waals surface area contributed by atoms with Crippen molar-refractivity contribution in [2.45, 2.75) is 13.3 Å². The summed E-state index contributed by atoms with van der Waals surface area (Å²) in [5, 5.41) is 5.15. The number of rotatable bonds is 6. The van der Waals surface area contributed by atoms with E-state index < -0.39 is 0 Å². The summed E-state index contributed by atoms with van der Waals surface area (Å²) in [4.78, 5) is 16.9. The van der Waals surface area contributed by atoms with Gasteiger partial charge in [-0.2, -0.15) is 5.10 Å². The Morgan fingerprint density at radius 2 is 1.69 bits per heavy atom. The second kappa shape index (κ2) is 9.11. The Morgan fingerprint density at radius 3 is 2.45 bits per heavy atom. The molecule has 1 saturated heterocycles. The SMILES string of the molecule is O=C(c1ccn(COc2ccccc2)n1)N1CCN(Cc2ccccc2Cl)CC1. The number of piperazine rings is 1. The lowest BCUT2D eigenvalue weighted by Gasteiger charge is -2.34. The van der Waals surface area contributed by atoms with Crippen LogP contribution in [0.1, 0.15) is 16.1 Å².